The lowest BCUT2D eigenvalue weighted by atomic mass is 10.1. The summed E-state index contributed by atoms with van der Waals surface area (Å²) >= 11 is 11.7. The predicted molar refractivity (Wildman–Crippen MR) is 71.2 cm³/mol. The van der Waals surface area contributed by atoms with Crippen LogP contribution in [0.1, 0.15) is 18.9 Å². The Labute approximate surface area is 109 Å². The van der Waals surface area contributed by atoms with E-state index in [2.05, 4.69) is 9.55 Å². The van der Waals surface area contributed by atoms with E-state index < -0.39 is 0 Å². The molecule has 1 N–H and O–H groups in total. The SMILES string of the molecule is S=c1[nH]c2cccc(Cl)c2n1C1CCCOC1. The van der Waals surface area contributed by atoms with E-state index in [0.29, 0.717) is 12.6 Å². The van der Waals surface area contributed by atoms with Gasteiger partial charge in [0.1, 0.15) is 0 Å². The molecule has 1 unspecified atom stereocenters. The number of rotatable bonds is 1. The zero-order valence-corrected chi connectivity index (χ0v) is 10.9. The van der Waals surface area contributed by atoms with Gasteiger partial charge in [-0.05, 0) is 37.2 Å². The molecule has 3 nitrogen and oxygen atoms in total. The minimum atomic E-state index is 0.296. The molecular formula is C12H13ClN2OS. The topological polar surface area (TPSA) is 29.9 Å². The highest BCUT2D eigenvalue weighted by Gasteiger charge is 2.20. The molecule has 1 aliphatic heterocycles. The summed E-state index contributed by atoms with van der Waals surface area (Å²) in [5, 5.41) is 0.737. The predicted octanol–water partition coefficient (Wildman–Crippen LogP) is 3.70. The van der Waals surface area contributed by atoms with Crippen LogP contribution < -0.4 is 0 Å². The van der Waals surface area contributed by atoms with E-state index in [1.807, 2.05) is 18.2 Å². The summed E-state index contributed by atoms with van der Waals surface area (Å²) in [5.41, 5.74) is 1.99. The van der Waals surface area contributed by atoms with Crippen molar-refractivity contribution >= 4 is 34.9 Å². The Kier molecular flexibility index (Phi) is 2.94. The Morgan fingerprint density at radius 2 is 2.35 bits per heavy atom. The Morgan fingerprint density at radius 1 is 1.47 bits per heavy atom. The van der Waals surface area contributed by atoms with Crippen LogP contribution in [0.5, 0.6) is 0 Å². The summed E-state index contributed by atoms with van der Waals surface area (Å²) in [4.78, 5) is 3.20. The molecule has 17 heavy (non-hydrogen) atoms. The zero-order valence-electron chi connectivity index (χ0n) is 9.28. The molecule has 0 spiro atoms. The Morgan fingerprint density at radius 3 is 3.12 bits per heavy atom. The van der Waals surface area contributed by atoms with Gasteiger partial charge < -0.3 is 14.3 Å². The largest absolute Gasteiger partial charge is 0.379 e. The number of ether oxygens (including phenoxy) is 1. The third-order valence-electron chi connectivity index (χ3n) is 3.19. The molecule has 0 bridgehead atoms. The van der Waals surface area contributed by atoms with Crippen molar-refractivity contribution in [3.8, 4) is 0 Å². The summed E-state index contributed by atoms with van der Waals surface area (Å²) < 4.78 is 8.35. The fourth-order valence-electron chi connectivity index (χ4n) is 2.41. The first kappa shape index (κ1) is 11.3. The normalized spacial score (nSPS) is 20.9. The lowest BCUT2D eigenvalue weighted by Crippen LogP contribution is -2.21. The van der Waals surface area contributed by atoms with E-state index in [4.69, 9.17) is 28.6 Å². The molecule has 0 aliphatic carbocycles. The zero-order chi connectivity index (χ0) is 11.8. The lowest BCUT2D eigenvalue weighted by Gasteiger charge is -2.24. The second-order valence-electron chi connectivity index (χ2n) is 4.31. The second-order valence-corrected chi connectivity index (χ2v) is 5.10. The Hall–Kier alpha value is -0.840. The molecule has 3 rings (SSSR count). The van der Waals surface area contributed by atoms with E-state index in [9.17, 15) is 0 Å². The molecule has 2 heterocycles. The van der Waals surface area contributed by atoms with Gasteiger partial charge >= 0.3 is 0 Å². The van der Waals surface area contributed by atoms with Gasteiger partial charge in [-0.3, -0.25) is 0 Å². The van der Waals surface area contributed by atoms with E-state index in [1.165, 1.54) is 0 Å². The number of hydrogen-bond acceptors (Lipinski definition) is 2. The number of imidazole rings is 1. The molecule has 1 aromatic heterocycles. The van der Waals surface area contributed by atoms with Crippen molar-refractivity contribution in [2.75, 3.05) is 13.2 Å². The maximum Gasteiger partial charge on any atom is 0.178 e. The van der Waals surface area contributed by atoms with Crippen LogP contribution in [-0.4, -0.2) is 22.8 Å². The fraction of sp³-hybridized carbons (Fsp3) is 0.417. The average Bonchev–Trinajstić information content (AvgIpc) is 2.68. The smallest absolute Gasteiger partial charge is 0.178 e. The van der Waals surface area contributed by atoms with Gasteiger partial charge in [0.2, 0.25) is 0 Å². The third kappa shape index (κ3) is 1.90. The summed E-state index contributed by atoms with van der Waals surface area (Å²) in [6.45, 7) is 1.56. The number of nitrogens with zero attached hydrogens (tertiary/aromatic N) is 1. The number of H-pyrrole nitrogens is 1. The molecule has 1 atom stereocenters. The molecule has 0 saturated carbocycles. The minimum absolute atomic E-state index is 0.296. The number of aromatic amines is 1. The Balaban J connectivity index is 2.20. The number of benzene rings is 1. The number of halogens is 1. The first-order valence-electron chi connectivity index (χ1n) is 5.74. The van der Waals surface area contributed by atoms with Crippen molar-refractivity contribution in [1.29, 1.82) is 0 Å². The number of fused-ring (bicyclic) bond motifs is 1. The van der Waals surface area contributed by atoms with Gasteiger partial charge in [0, 0.05) is 6.61 Å². The quantitative estimate of drug-likeness (QED) is 0.799. The summed E-state index contributed by atoms with van der Waals surface area (Å²) in [6, 6.07) is 6.12. The van der Waals surface area contributed by atoms with Crippen molar-refractivity contribution in [1.82, 2.24) is 9.55 Å². The minimum Gasteiger partial charge on any atom is -0.379 e. The number of para-hydroxylation sites is 1. The number of aromatic nitrogens is 2. The van der Waals surface area contributed by atoms with Crippen molar-refractivity contribution in [3.05, 3.63) is 28.0 Å². The summed E-state index contributed by atoms with van der Waals surface area (Å²) in [5.74, 6) is 0. The van der Waals surface area contributed by atoms with Gasteiger partial charge in [0.25, 0.3) is 0 Å². The van der Waals surface area contributed by atoms with Gasteiger partial charge in [0.15, 0.2) is 4.77 Å². The van der Waals surface area contributed by atoms with Crippen LogP contribution >= 0.6 is 23.8 Å². The standard InChI is InChI=1S/C12H13ClN2OS/c13-9-4-1-5-10-11(9)15(12(17)14-10)8-3-2-6-16-7-8/h1,4-5,8H,2-3,6-7H2,(H,14,17). The lowest BCUT2D eigenvalue weighted by molar-refractivity contribution is 0.0600. The van der Waals surface area contributed by atoms with Crippen LogP contribution in [0.15, 0.2) is 18.2 Å². The van der Waals surface area contributed by atoms with Gasteiger partial charge in [-0.1, -0.05) is 17.7 Å². The highest BCUT2D eigenvalue weighted by molar-refractivity contribution is 7.71. The summed E-state index contributed by atoms with van der Waals surface area (Å²) in [6.07, 6.45) is 2.16. The molecule has 1 saturated heterocycles. The monoisotopic (exact) mass is 268 g/mol. The average molecular weight is 269 g/mol. The molecule has 0 radical (unpaired) electrons. The van der Waals surface area contributed by atoms with Crippen LogP contribution in [0, 0.1) is 4.77 Å². The molecular weight excluding hydrogens is 256 g/mol. The van der Waals surface area contributed by atoms with Gasteiger partial charge in [0.05, 0.1) is 28.7 Å². The Bertz CT molecular complexity index is 598. The van der Waals surface area contributed by atoms with Crippen molar-refractivity contribution < 1.29 is 4.74 Å². The molecule has 1 aliphatic rings. The van der Waals surface area contributed by atoms with E-state index in [-0.39, 0.29) is 0 Å². The highest BCUT2D eigenvalue weighted by Crippen LogP contribution is 2.29. The van der Waals surface area contributed by atoms with Gasteiger partial charge in [-0.2, -0.15) is 0 Å². The van der Waals surface area contributed by atoms with Crippen molar-refractivity contribution in [2.45, 2.75) is 18.9 Å². The molecule has 5 heteroatoms. The molecule has 90 valence electrons. The van der Waals surface area contributed by atoms with E-state index >= 15 is 0 Å². The maximum absolute atomic E-state index is 6.27. The van der Waals surface area contributed by atoms with Crippen molar-refractivity contribution in [2.24, 2.45) is 0 Å². The highest BCUT2D eigenvalue weighted by atomic mass is 35.5. The molecule has 1 fully saturated rings. The molecule has 0 amide bonds. The van der Waals surface area contributed by atoms with Crippen LogP contribution in [0.25, 0.3) is 11.0 Å². The van der Waals surface area contributed by atoms with Crippen molar-refractivity contribution in [3.63, 3.8) is 0 Å². The third-order valence-corrected chi connectivity index (χ3v) is 3.79. The first-order valence-corrected chi connectivity index (χ1v) is 6.52. The van der Waals surface area contributed by atoms with Crippen LogP contribution in [0.3, 0.4) is 0 Å². The fourth-order valence-corrected chi connectivity index (χ4v) is 3.03. The summed E-state index contributed by atoms with van der Waals surface area (Å²) in [7, 11) is 0. The van der Waals surface area contributed by atoms with E-state index in [1.54, 1.807) is 0 Å². The number of nitrogens with one attached hydrogen (secondary N) is 1. The number of hydrogen-bond donors (Lipinski definition) is 1. The first-order chi connectivity index (χ1) is 8.27. The molecule has 2 aromatic rings. The van der Waals surface area contributed by atoms with E-state index in [0.717, 1.165) is 40.3 Å². The maximum atomic E-state index is 6.27. The van der Waals surface area contributed by atoms with Crippen LogP contribution in [0.4, 0.5) is 0 Å². The second kappa shape index (κ2) is 4.44. The molecule has 1 aromatic carbocycles. The van der Waals surface area contributed by atoms with Gasteiger partial charge in [-0.25, -0.2) is 0 Å². The van der Waals surface area contributed by atoms with Crippen LogP contribution in [-0.2, 0) is 4.74 Å². The van der Waals surface area contributed by atoms with Crippen LogP contribution in [0.2, 0.25) is 5.02 Å². The van der Waals surface area contributed by atoms with Gasteiger partial charge in [-0.15, -0.1) is 0 Å².